The monoisotopic (exact) mass is 399 g/mol. The molecule has 0 bridgehead atoms. The lowest BCUT2D eigenvalue weighted by molar-refractivity contribution is -0.139. The van der Waals surface area contributed by atoms with Gasteiger partial charge in [-0.15, -0.1) is 0 Å². The first-order valence-corrected chi connectivity index (χ1v) is 9.45. The lowest BCUT2D eigenvalue weighted by Crippen LogP contribution is -2.36. The van der Waals surface area contributed by atoms with Gasteiger partial charge in [-0.2, -0.15) is 13.2 Å². The molecular formula is C22H20F3N3O. The summed E-state index contributed by atoms with van der Waals surface area (Å²) >= 11 is 0. The molecule has 150 valence electrons. The summed E-state index contributed by atoms with van der Waals surface area (Å²) in [4.78, 5) is 19.2. The third-order valence-electron chi connectivity index (χ3n) is 5.03. The van der Waals surface area contributed by atoms with Crippen LogP contribution in [0.1, 0.15) is 24.0 Å². The lowest BCUT2D eigenvalue weighted by atomic mass is 10.1. The third kappa shape index (κ3) is 4.34. The number of nitrogens with zero attached hydrogens (tertiary/aromatic N) is 2. The van der Waals surface area contributed by atoms with E-state index in [-0.39, 0.29) is 18.9 Å². The fourth-order valence-corrected chi connectivity index (χ4v) is 3.60. The van der Waals surface area contributed by atoms with Gasteiger partial charge < -0.3 is 5.32 Å². The second-order valence-electron chi connectivity index (χ2n) is 7.16. The zero-order chi connectivity index (χ0) is 20.4. The summed E-state index contributed by atoms with van der Waals surface area (Å²) in [5.74, 6) is 0.184. The van der Waals surface area contributed by atoms with Crippen LogP contribution in [-0.4, -0.2) is 35.3 Å². The van der Waals surface area contributed by atoms with Gasteiger partial charge in [0.2, 0.25) is 0 Å². The number of alkyl halides is 3. The number of fused-ring (bicyclic) bond motifs is 1. The summed E-state index contributed by atoms with van der Waals surface area (Å²) in [5.41, 5.74) is 3.29. The highest BCUT2D eigenvalue weighted by atomic mass is 19.4. The van der Waals surface area contributed by atoms with Crippen molar-refractivity contribution in [2.24, 2.45) is 4.99 Å². The lowest BCUT2D eigenvalue weighted by Gasteiger charge is -2.25. The van der Waals surface area contributed by atoms with Crippen LogP contribution in [0.4, 0.5) is 13.2 Å². The number of carbonyl (C=O) groups excluding carboxylic acids is 1. The highest BCUT2D eigenvalue weighted by molar-refractivity contribution is 6.06. The number of allylic oxidation sites excluding steroid dienone is 1. The van der Waals surface area contributed by atoms with Gasteiger partial charge in [-0.25, -0.2) is 0 Å². The molecule has 4 nitrogen and oxygen atoms in total. The van der Waals surface area contributed by atoms with Gasteiger partial charge in [0.15, 0.2) is 0 Å². The van der Waals surface area contributed by atoms with Crippen molar-refractivity contribution in [3.05, 3.63) is 83.3 Å². The van der Waals surface area contributed by atoms with Crippen molar-refractivity contribution in [3.8, 4) is 0 Å². The minimum atomic E-state index is -4.29. The highest BCUT2D eigenvalue weighted by Gasteiger charge is 2.41. The first kappa shape index (κ1) is 19.2. The molecule has 2 heterocycles. The minimum Gasteiger partial charge on any atom is -0.358 e. The van der Waals surface area contributed by atoms with Gasteiger partial charge in [-0.3, -0.25) is 14.7 Å². The number of amides is 1. The van der Waals surface area contributed by atoms with Gasteiger partial charge in [0.25, 0.3) is 5.91 Å². The molecule has 29 heavy (non-hydrogen) atoms. The van der Waals surface area contributed by atoms with E-state index in [2.05, 4.69) is 5.32 Å². The Labute approximate surface area is 166 Å². The van der Waals surface area contributed by atoms with E-state index >= 15 is 0 Å². The maximum absolute atomic E-state index is 12.8. The Morgan fingerprint density at radius 2 is 1.69 bits per heavy atom. The summed E-state index contributed by atoms with van der Waals surface area (Å²) < 4.78 is 38.0. The van der Waals surface area contributed by atoms with Crippen LogP contribution in [0, 0.1) is 0 Å². The van der Waals surface area contributed by atoms with Gasteiger partial charge in [0.05, 0.1) is 18.0 Å². The van der Waals surface area contributed by atoms with E-state index in [4.69, 9.17) is 4.99 Å². The van der Waals surface area contributed by atoms with Crippen molar-refractivity contribution in [1.82, 2.24) is 10.2 Å². The second kappa shape index (κ2) is 7.73. The van der Waals surface area contributed by atoms with E-state index in [0.29, 0.717) is 17.9 Å². The Morgan fingerprint density at radius 3 is 2.34 bits per heavy atom. The first-order valence-electron chi connectivity index (χ1n) is 9.45. The summed E-state index contributed by atoms with van der Waals surface area (Å²) in [6.07, 6.45) is -5.10. The van der Waals surface area contributed by atoms with Crippen molar-refractivity contribution in [3.63, 3.8) is 0 Å². The van der Waals surface area contributed by atoms with Crippen LogP contribution >= 0.6 is 0 Å². The molecule has 1 amide bonds. The quantitative estimate of drug-likeness (QED) is 0.825. The molecule has 0 aliphatic carbocycles. The van der Waals surface area contributed by atoms with Crippen molar-refractivity contribution in [2.45, 2.75) is 31.5 Å². The molecule has 1 saturated heterocycles. The largest absolute Gasteiger partial charge is 0.389 e. The standard InChI is InChI=1S/C22H20F3N3O/c23-22(24,25)12-11-17-21(29)28-14-19(16-9-5-2-6-10-16)26-18(20(28)27-17)13-15-7-3-1-4-8-15/h1-10,17,27H,11-14H2. The first-order chi connectivity index (χ1) is 13.9. The molecule has 0 spiro atoms. The SMILES string of the molecule is O=C1C(CCC(F)(F)F)NC2=C(Cc3ccccc3)N=C(c3ccccc3)CN12. The zero-order valence-electron chi connectivity index (χ0n) is 15.6. The maximum atomic E-state index is 12.8. The molecular weight excluding hydrogens is 379 g/mol. The van der Waals surface area contributed by atoms with Crippen molar-refractivity contribution in [1.29, 1.82) is 0 Å². The average molecular weight is 399 g/mol. The summed E-state index contributed by atoms with van der Waals surface area (Å²) in [6, 6.07) is 18.3. The Kier molecular flexibility index (Phi) is 5.13. The van der Waals surface area contributed by atoms with Gasteiger partial charge in [-0.1, -0.05) is 60.7 Å². The van der Waals surface area contributed by atoms with Gasteiger partial charge in [0, 0.05) is 12.8 Å². The Bertz CT molecular complexity index is 952. The molecule has 4 rings (SSSR count). The molecule has 0 aromatic heterocycles. The average Bonchev–Trinajstić information content (AvgIpc) is 3.04. The zero-order valence-corrected chi connectivity index (χ0v) is 15.6. The number of carbonyl (C=O) groups is 1. The molecule has 2 aliphatic heterocycles. The van der Waals surface area contributed by atoms with E-state index in [0.717, 1.165) is 16.8 Å². The van der Waals surface area contributed by atoms with E-state index in [9.17, 15) is 18.0 Å². The van der Waals surface area contributed by atoms with Crippen molar-refractivity contribution in [2.75, 3.05) is 6.54 Å². The van der Waals surface area contributed by atoms with Crippen LogP contribution in [0.25, 0.3) is 0 Å². The number of hydrogen-bond donors (Lipinski definition) is 1. The number of benzene rings is 2. The maximum Gasteiger partial charge on any atom is 0.389 e. The molecule has 2 aliphatic rings. The third-order valence-corrected chi connectivity index (χ3v) is 5.03. The number of rotatable bonds is 5. The molecule has 1 unspecified atom stereocenters. The van der Waals surface area contributed by atoms with E-state index in [1.165, 1.54) is 4.90 Å². The van der Waals surface area contributed by atoms with Gasteiger partial charge >= 0.3 is 6.18 Å². The van der Waals surface area contributed by atoms with Crippen molar-refractivity contribution >= 4 is 11.6 Å². The molecule has 7 heteroatoms. The van der Waals surface area contributed by atoms with E-state index in [1.54, 1.807) is 0 Å². The number of hydrogen-bond acceptors (Lipinski definition) is 3. The van der Waals surface area contributed by atoms with E-state index in [1.807, 2.05) is 60.7 Å². The van der Waals surface area contributed by atoms with Crippen LogP contribution < -0.4 is 5.32 Å². The molecule has 0 radical (unpaired) electrons. The second-order valence-corrected chi connectivity index (χ2v) is 7.16. The van der Waals surface area contributed by atoms with Crippen LogP contribution in [0.5, 0.6) is 0 Å². The number of halogens is 3. The number of nitrogens with one attached hydrogen (secondary N) is 1. The fraction of sp³-hybridized carbons (Fsp3) is 0.273. The molecule has 0 saturated carbocycles. The minimum absolute atomic E-state index is 0.242. The van der Waals surface area contributed by atoms with Gasteiger partial charge in [-0.05, 0) is 17.5 Å². The topological polar surface area (TPSA) is 44.7 Å². The Hall–Kier alpha value is -3.09. The van der Waals surface area contributed by atoms with Crippen LogP contribution in [0.3, 0.4) is 0 Å². The van der Waals surface area contributed by atoms with Crippen LogP contribution in [0.2, 0.25) is 0 Å². The Balaban J connectivity index is 1.66. The Morgan fingerprint density at radius 1 is 1.03 bits per heavy atom. The molecule has 1 N–H and O–H groups in total. The highest BCUT2D eigenvalue weighted by Crippen LogP contribution is 2.30. The van der Waals surface area contributed by atoms with Crippen LogP contribution in [0.15, 0.2) is 77.2 Å². The molecule has 2 aromatic rings. The van der Waals surface area contributed by atoms with Crippen molar-refractivity contribution < 1.29 is 18.0 Å². The normalized spacial score (nSPS) is 19.1. The fourth-order valence-electron chi connectivity index (χ4n) is 3.60. The molecule has 2 aromatic carbocycles. The number of aliphatic imine (C=N–C) groups is 1. The summed E-state index contributed by atoms with van der Waals surface area (Å²) in [7, 11) is 0. The van der Waals surface area contributed by atoms with Crippen LogP contribution in [-0.2, 0) is 11.2 Å². The molecule has 1 atom stereocenters. The summed E-state index contributed by atoms with van der Waals surface area (Å²) in [5, 5.41) is 3.01. The van der Waals surface area contributed by atoms with Gasteiger partial charge in [0.1, 0.15) is 11.9 Å². The predicted octanol–water partition coefficient (Wildman–Crippen LogP) is 4.04. The predicted molar refractivity (Wildman–Crippen MR) is 104 cm³/mol. The summed E-state index contributed by atoms with van der Waals surface area (Å²) in [6.45, 7) is 0.242. The molecule has 1 fully saturated rings. The smallest absolute Gasteiger partial charge is 0.358 e. The van der Waals surface area contributed by atoms with E-state index < -0.39 is 18.6 Å².